The molecule has 3 nitrogen and oxygen atoms in total. The molecule has 0 saturated heterocycles. The summed E-state index contributed by atoms with van der Waals surface area (Å²) >= 11 is 11.9. The lowest BCUT2D eigenvalue weighted by molar-refractivity contribution is 0.0757. The van der Waals surface area contributed by atoms with Crippen LogP contribution in [0.3, 0.4) is 0 Å². The third kappa shape index (κ3) is 2.90. The largest absolute Gasteiger partial charge is 0.396 e. The van der Waals surface area contributed by atoms with Crippen LogP contribution in [0.5, 0.6) is 0 Å². The SMILES string of the molecule is CCN(CC1CC1)C(=O)c1cc(Cl)c(N)c(Cl)c1. The molecule has 1 aliphatic carbocycles. The number of nitrogen functional groups attached to an aromatic ring is 1. The van der Waals surface area contributed by atoms with Crippen molar-refractivity contribution in [1.82, 2.24) is 4.90 Å². The lowest BCUT2D eigenvalue weighted by Crippen LogP contribution is -2.32. The average Bonchev–Trinajstić information content (AvgIpc) is 3.15. The molecule has 0 spiro atoms. The lowest BCUT2D eigenvalue weighted by atomic mass is 10.1. The summed E-state index contributed by atoms with van der Waals surface area (Å²) in [6.45, 7) is 3.48. The standard InChI is InChI=1S/C13H16Cl2N2O/c1-2-17(7-8-3-4-8)13(18)9-5-10(14)12(16)11(15)6-9/h5-6,8H,2-4,7,16H2,1H3. The monoisotopic (exact) mass is 286 g/mol. The molecule has 0 bridgehead atoms. The predicted octanol–water partition coefficient (Wildman–Crippen LogP) is 3.45. The minimum atomic E-state index is -0.0341. The Hall–Kier alpha value is -0.930. The van der Waals surface area contributed by atoms with E-state index in [9.17, 15) is 4.79 Å². The zero-order valence-corrected chi connectivity index (χ0v) is 11.8. The summed E-state index contributed by atoms with van der Waals surface area (Å²) in [6, 6.07) is 3.17. The Morgan fingerprint density at radius 2 is 1.94 bits per heavy atom. The summed E-state index contributed by atoms with van der Waals surface area (Å²) < 4.78 is 0. The number of carbonyl (C=O) groups is 1. The quantitative estimate of drug-likeness (QED) is 0.862. The molecular formula is C13H16Cl2N2O. The van der Waals surface area contributed by atoms with Gasteiger partial charge in [0.2, 0.25) is 0 Å². The molecule has 0 aromatic heterocycles. The van der Waals surface area contributed by atoms with Crippen LogP contribution in [0.15, 0.2) is 12.1 Å². The third-order valence-corrected chi connectivity index (χ3v) is 3.80. The molecule has 2 N–H and O–H groups in total. The maximum absolute atomic E-state index is 12.3. The second-order valence-electron chi connectivity index (χ2n) is 4.64. The molecular weight excluding hydrogens is 271 g/mol. The summed E-state index contributed by atoms with van der Waals surface area (Å²) in [6.07, 6.45) is 2.43. The van der Waals surface area contributed by atoms with Crippen LogP contribution in [-0.2, 0) is 0 Å². The zero-order valence-electron chi connectivity index (χ0n) is 10.2. The molecule has 1 aromatic rings. The molecule has 0 aliphatic heterocycles. The van der Waals surface area contributed by atoms with E-state index in [2.05, 4.69) is 0 Å². The molecule has 0 radical (unpaired) electrons. The number of benzene rings is 1. The van der Waals surface area contributed by atoms with E-state index in [0.29, 0.717) is 33.8 Å². The third-order valence-electron chi connectivity index (χ3n) is 3.17. The Bertz CT molecular complexity index is 449. The van der Waals surface area contributed by atoms with Crippen LogP contribution >= 0.6 is 23.2 Å². The molecule has 1 saturated carbocycles. The Labute approximate surface area is 117 Å². The van der Waals surface area contributed by atoms with Gasteiger partial charge < -0.3 is 10.6 Å². The first kappa shape index (κ1) is 13.5. The Balaban J connectivity index is 2.20. The topological polar surface area (TPSA) is 46.3 Å². The van der Waals surface area contributed by atoms with Gasteiger partial charge in [0, 0.05) is 18.7 Å². The first-order valence-corrected chi connectivity index (χ1v) is 6.82. The summed E-state index contributed by atoms with van der Waals surface area (Å²) in [7, 11) is 0. The van der Waals surface area contributed by atoms with Gasteiger partial charge in [0.1, 0.15) is 0 Å². The van der Waals surface area contributed by atoms with Crippen LogP contribution < -0.4 is 5.73 Å². The molecule has 5 heteroatoms. The number of nitrogens with two attached hydrogens (primary N) is 1. The highest BCUT2D eigenvalue weighted by Crippen LogP contribution is 2.32. The van der Waals surface area contributed by atoms with E-state index >= 15 is 0 Å². The molecule has 1 aromatic carbocycles. The molecule has 1 amide bonds. The highest BCUT2D eigenvalue weighted by atomic mass is 35.5. The highest BCUT2D eigenvalue weighted by molar-refractivity contribution is 6.39. The van der Waals surface area contributed by atoms with Crippen LogP contribution in [0, 0.1) is 5.92 Å². The minimum absolute atomic E-state index is 0.0341. The van der Waals surface area contributed by atoms with Gasteiger partial charge in [0.05, 0.1) is 15.7 Å². The van der Waals surface area contributed by atoms with Crippen molar-refractivity contribution in [2.75, 3.05) is 18.8 Å². The first-order chi connectivity index (χ1) is 8.52. The van der Waals surface area contributed by atoms with Gasteiger partial charge in [-0.3, -0.25) is 4.79 Å². The molecule has 0 unspecified atom stereocenters. The normalized spacial score (nSPS) is 14.6. The number of hydrogen-bond acceptors (Lipinski definition) is 2. The maximum Gasteiger partial charge on any atom is 0.253 e. The number of carbonyl (C=O) groups excluding carboxylic acids is 1. The summed E-state index contributed by atoms with van der Waals surface area (Å²) in [5.74, 6) is 0.627. The molecule has 98 valence electrons. The Morgan fingerprint density at radius 1 is 1.39 bits per heavy atom. The fourth-order valence-electron chi connectivity index (χ4n) is 1.86. The molecule has 0 heterocycles. The number of halogens is 2. The number of nitrogens with zero attached hydrogens (tertiary/aromatic N) is 1. The second kappa shape index (κ2) is 5.37. The van der Waals surface area contributed by atoms with Crippen LogP contribution in [0.4, 0.5) is 5.69 Å². The van der Waals surface area contributed by atoms with E-state index < -0.39 is 0 Å². The number of anilines is 1. The molecule has 2 rings (SSSR count). The predicted molar refractivity (Wildman–Crippen MR) is 75.2 cm³/mol. The van der Waals surface area contributed by atoms with Gasteiger partial charge in [-0.1, -0.05) is 23.2 Å². The Kier molecular flexibility index (Phi) is 4.03. The molecule has 18 heavy (non-hydrogen) atoms. The smallest absolute Gasteiger partial charge is 0.253 e. The molecule has 1 aliphatic rings. The number of hydrogen-bond donors (Lipinski definition) is 1. The van der Waals surface area contributed by atoms with Crippen LogP contribution in [0.1, 0.15) is 30.1 Å². The van der Waals surface area contributed by atoms with Crippen molar-refractivity contribution in [1.29, 1.82) is 0 Å². The molecule has 0 atom stereocenters. The maximum atomic E-state index is 12.3. The fraction of sp³-hybridized carbons (Fsp3) is 0.462. The summed E-state index contributed by atoms with van der Waals surface area (Å²) in [4.78, 5) is 14.2. The van der Waals surface area contributed by atoms with Crippen molar-refractivity contribution < 1.29 is 4.79 Å². The van der Waals surface area contributed by atoms with Crippen molar-refractivity contribution >= 4 is 34.8 Å². The van der Waals surface area contributed by atoms with Gasteiger partial charge >= 0.3 is 0 Å². The number of rotatable bonds is 4. The fourth-order valence-corrected chi connectivity index (χ4v) is 2.35. The van der Waals surface area contributed by atoms with Gasteiger partial charge in [-0.2, -0.15) is 0 Å². The first-order valence-electron chi connectivity index (χ1n) is 6.06. The summed E-state index contributed by atoms with van der Waals surface area (Å²) in [5.41, 5.74) is 6.48. The van der Waals surface area contributed by atoms with Crippen LogP contribution in [0.2, 0.25) is 10.0 Å². The number of amides is 1. The van der Waals surface area contributed by atoms with E-state index in [0.717, 1.165) is 6.54 Å². The van der Waals surface area contributed by atoms with Crippen LogP contribution in [0.25, 0.3) is 0 Å². The van der Waals surface area contributed by atoms with Crippen LogP contribution in [-0.4, -0.2) is 23.9 Å². The molecule has 1 fully saturated rings. The van der Waals surface area contributed by atoms with Gasteiger partial charge in [0.25, 0.3) is 5.91 Å². The van der Waals surface area contributed by atoms with Crippen molar-refractivity contribution in [3.8, 4) is 0 Å². The van der Waals surface area contributed by atoms with Gasteiger partial charge in [0.15, 0.2) is 0 Å². The van der Waals surface area contributed by atoms with E-state index in [1.54, 1.807) is 12.1 Å². The zero-order chi connectivity index (χ0) is 13.3. The second-order valence-corrected chi connectivity index (χ2v) is 5.46. The van der Waals surface area contributed by atoms with Crippen molar-refractivity contribution in [2.45, 2.75) is 19.8 Å². The summed E-state index contributed by atoms with van der Waals surface area (Å²) in [5, 5.41) is 0.654. The van der Waals surface area contributed by atoms with Gasteiger partial charge in [-0.15, -0.1) is 0 Å². The van der Waals surface area contributed by atoms with Crippen molar-refractivity contribution in [3.05, 3.63) is 27.7 Å². The average molecular weight is 287 g/mol. The van der Waals surface area contributed by atoms with Crippen molar-refractivity contribution in [3.63, 3.8) is 0 Å². The lowest BCUT2D eigenvalue weighted by Gasteiger charge is -2.21. The van der Waals surface area contributed by atoms with Gasteiger partial charge in [-0.05, 0) is 37.8 Å². The van der Waals surface area contributed by atoms with E-state index in [1.807, 2.05) is 11.8 Å². The van der Waals surface area contributed by atoms with Gasteiger partial charge in [-0.25, -0.2) is 0 Å². The van der Waals surface area contributed by atoms with E-state index in [1.165, 1.54) is 12.8 Å². The van der Waals surface area contributed by atoms with E-state index in [4.69, 9.17) is 28.9 Å². The Morgan fingerprint density at radius 3 is 2.39 bits per heavy atom. The van der Waals surface area contributed by atoms with E-state index in [-0.39, 0.29) is 5.91 Å². The highest BCUT2D eigenvalue weighted by Gasteiger charge is 2.26. The minimum Gasteiger partial charge on any atom is -0.396 e. The van der Waals surface area contributed by atoms with Crippen molar-refractivity contribution in [2.24, 2.45) is 5.92 Å².